The van der Waals surface area contributed by atoms with Crippen molar-refractivity contribution < 1.29 is 9.18 Å². The number of hydrogen-bond acceptors (Lipinski definition) is 3. The molecule has 1 N–H and O–H groups in total. The number of hydrogen-bond donors (Lipinski definition) is 1. The number of nitrogens with one attached hydrogen (secondary N) is 1. The zero-order valence-corrected chi connectivity index (χ0v) is 16.1. The molecule has 0 saturated heterocycles. The highest BCUT2D eigenvalue weighted by atomic mass is 19.1. The fourth-order valence-electron chi connectivity index (χ4n) is 2.91. The van der Waals surface area contributed by atoms with Crippen LogP contribution in [0.4, 0.5) is 10.1 Å². The van der Waals surface area contributed by atoms with E-state index in [4.69, 9.17) is 0 Å². The van der Waals surface area contributed by atoms with Gasteiger partial charge in [-0.15, -0.1) is 0 Å². The van der Waals surface area contributed by atoms with Crippen LogP contribution in [0.5, 0.6) is 0 Å². The summed E-state index contributed by atoms with van der Waals surface area (Å²) in [4.78, 5) is 29.8. The van der Waals surface area contributed by atoms with Crippen LogP contribution in [0.1, 0.15) is 23.7 Å². The lowest BCUT2D eigenvalue weighted by atomic mass is 10.1. The van der Waals surface area contributed by atoms with Crippen molar-refractivity contribution in [2.75, 3.05) is 5.32 Å². The van der Waals surface area contributed by atoms with Gasteiger partial charge in [0, 0.05) is 23.0 Å². The molecule has 0 spiro atoms. The van der Waals surface area contributed by atoms with Gasteiger partial charge in [-0.3, -0.25) is 14.2 Å². The molecule has 0 radical (unpaired) electrons. The van der Waals surface area contributed by atoms with Gasteiger partial charge in [-0.05, 0) is 61.7 Å². The maximum absolute atomic E-state index is 13.3. The summed E-state index contributed by atoms with van der Waals surface area (Å²) in [6, 6.07) is 12.9. The Kier molecular flexibility index (Phi) is 5.68. The van der Waals surface area contributed by atoms with E-state index in [1.807, 2.05) is 39.0 Å². The standard InChI is InChI=1S/C22H22FN3O2/c1-4-18-12-21(28)26(22(24-18)16-7-9-17(23)10-8-16)13-20(27)25-19-11-14(2)5-6-15(19)3/h5-12H,4,13H2,1-3H3,(H,25,27). The summed E-state index contributed by atoms with van der Waals surface area (Å²) >= 11 is 0. The Morgan fingerprint density at radius 1 is 1.11 bits per heavy atom. The molecule has 1 aromatic heterocycles. The maximum atomic E-state index is 13.3. The number of benzene rings is 2. The van der Waals surface area contributed by atoms with Crippen molar-refractivity contribution in [2.24, 2.45) is 0 Å². The minimum Gasteiger partial charge on any atom is -0.324 e. The predicted molar refractivity (Wildman–Crippen MR) is 108 cm³/mol. The molecule has 1 heterocycles. The second-order valence-electron chi connectivity index (χ2n) is 6.72. The Labute approximate surface area is 162 Å². The van der Waals surface area contributed by atoms with Gasteiger partial charge in [-0.1, -0.05) is 19.1 Å². The summed E-state index contributed by atoms with van der Waals surface area (Å²) in [7, 11) is 0. The SMILES string of the molecule is CCc1cc(=O)n(CC(=O)Nc2cc(C)ccc2C)c(-c2ccc(F)cc2)n1. The van der Waals surface area contributed by atoms with Crippen molar-refractivity contribution in [3.63, 3.8) is 0 Å². The van der Waals surface area contributed by atoms with Gasteiger partial charge in [0.1, 0.15) is 18.2 Å². The molecule has 1 amide bonds. The normalized spacial score (nSPS) is 10.7. The largest absolute Gasteiger partial charge is 0.324 e. The summed E-state index contributed by atoms with van der Waals surface area (Å²) in [6.45, 7) is 5.56. The monoisotopic (exact) mass is 379 g/mol. The van der Waals surface area contributed by atoms with Crippen molar-refractivity contribution >= 4 is 11.6 Å². The van der Waals surface area contributed by atoms with E-state index in [9.17, 15) is 14.0 Å². The van der Waals surface area contributed by atoms with Gasteiger partial charge in [0.05, 0.1) is 0 Å². The molecule has 0 fully saturated rings. The Bertz CT molecular complexity index is 1070. The van der Waals surface area contributed by atoms with Crippen LogP contribution in [-0.4, -0.2) is 15.5 Å². The van der Waals surface area contributed by atoms with Gasteiger partial charge < -0.3 is 5.32 Å². The molecule has 3 aromatic rings. The Balaban J connectivity index is 1.96. The molecule has 3 rings (SSSR count). The average Bonchev–Trinajstić information content (AvgIpc) is 2.67. The molecule has 0 unspecified atom stereocenters. The second kappa shape index (κ2) is 8.17. The zero-order valence-electron chi connectivity index (χ0n) is 16.1. The van der Waals surface area contributed by atoms with Crippen LogP contribution in [0.2, 0.25) is 0 Å². The summed E-state index contributed by atoms with van der Waals surface area (Å²) in [5.74, 6) is -0.359. The molecule has 0 aliphatic carbocycles. The van der Waals surface area contributed by atoms with Gasteiger partial charge in [0.2, 0.25) is 5.91 Å². The first-order valence-corrected chi connectivity index (χ1v) is 9.11. The molecule has 0 aliphatic rings. The smallest absolute Gasteiger partial charge is 0.254 e. The molecule has 0 aliphatic heterocycles. The van der Waals surface area contributed by atoms with Crippen molar-refractivity contribution in [1.29, 1.82) is 0 Å². The third-order valence-corrected chi connectivity index (χ3v) is 4.49. The Morgan fingerprint density at radius 3 is 2.50 bits per heavy atom. The van der Waals surface area contributed by atoms with Crippen molar-refractivity contribution in [3.05, 3.63) is 81.5 Å². The van der Waals surface area contributed by atoms with Crippen molar-refractivity contribution in [1.82, 2.24) is 9.55 Å². The fraction of sp³-hybridized carbons (Fsp3) is 0.227. The molecule has 0 atom stereocenters. The van der Waals surface area contributed by atoms with Gasteiger partial charge in [0.25, 0.3) is 5.56 Å². The number of rotatable bonds is 5. The number of halogens is 1. The Morgan fingerprint density at radius 2 is 1.82 bits per heavy atom. The van der Waals surface area contributed by atoms with Crippen molar-refractivity contribution in [3.8, 4) is 11.4 Å². The first-order chi connectivity index (χ1) is 13.4. The molecule has 144 valence electrons. The molecule has 6 heteroatoms. The number of nitrogens with zero attached hydrogens (tertiary/aromatic N) is 2. The second-order valence-corrected chi connectivity index (χ2v) is 6.72. The minimum atomic E-state index is -0.378. The van der Waals surface area contributed by atoms with E-state index in [0.717, 1.165) is 11.1 Å². The summed E-state index contributed by atoms with van der Waals surface area (Å²) in [5.41, 5.74) is 3.55. The van der Waals surface area contributed by atoms with Crippen LogP contribution in [0.25, 0.3) is 11.4 Å². The molecular formula is C22H22FN3O2. The van der Waals surface area contributed by atoms with E-state index in [1.54, 1.807) is 12.1 Å². The first-order valence-electron chi connectivity index (χ1n) is 9.11. The molecule has 0 saturated carbocycles. The van der Waals surface area contributed by atoms with E-state index < -0.39 is 0 Å². The van der Waals surface area contributed by atoms with Crippen LogP contribution in [0, 0.1) is 19.7 Å². The Hall–Kier alpha value is -3.28. The van der Waals surface area contributed by atoms with Crippen LogP contribution >= 0.6 is 0 Å². The van der Waals surface area contributed by atoms with Gasteiger partial charge in [-0.25, -0.2) is 9.37 Å². The molecule has 2 aromatic carbocycles. The average molecular weight is 379 g/mol. The topological polar surface area (TPSA) is 64.0 Å². The van der Waals surface area contributed by atoms with Crippen LogP contribution < -0.4 is 10.9 Å². The third-order valence-electron chi connectivity index (χ3n) is 4.49. The van der Waals surface area contributed by atoms with Crippen LogP contribution in [-0.2, 0) is 17.8 Å². The van der Waals surface area contributed by atoms with E-state index in [-0.39, 0.29) is 23.8 Å². The zero-order chi connectivity index (χ0) is 20.3. The molecule has 5 nitrogen and oxygen atoms in total. The quantitative estimate of drug-likeness (QED) is 0.732. The van der Waals surface area contributed by atoms with E-state index >= 15 is 0 Å². The minimum absolute atomic E-state index is 0.185. The van der Waals surface area contributed by atoms with Gasteiger partial charge in [-0.2, -0.15) is 0 Å². The van der Waals surface area contributed by atoms with E-state index in [0.29, 0.717) is 29.2 Å². The van der Waals surface area contributed by atoms with Crippen molar-refractivity contribution in [2.45, 2.75) is 33.7 Å². The maximum Gasteiger partial charge on any atom is 0.254 e. The lowest BCUT2D eigenvalue weighted by Crippen LogP contribution is -2.30. The fourth-order valence-corrected chi connectivity index (χ4v) is 2.91. The molecular weight excluding hydrogens is 357 g/mol. The highest BCUT2D eigenvalue weighted by molar-refractivity contribution is 5.91. The van der Waals surface area contributed by atoms with Crippen LogP contribution in [0.3, 0.4) is 0 Å². The lowest BCUT2D eigenvalue weighted by molar-refractivity contribution is -0.116. The number of amides is 1. The van der Waals surface area contributed by atoms with Gasteiger partial charge in [0.15, 0.2) is 0 Å². The summed E-state index contributed by atoms with van der Waals surface area (Å²) in [5, 5.41) is 2.86. The van der Waals surface area contributed by atoms with Crippen LogP contribution in [0.15, 0.2) is 53.3 Å². The van der Waals surface area contributed by atoms with Gasteiger partial charge >= 0.3 is 0 Å². The predicted octanol–water partition coefficient (Wildman–Crippen LogP) is 3.87. The first kappa shape index (κ1) is 19.5. The molecule has 28 heavy (non-hydrogen) atoms. The number of aryl methyl sites for hydroxylation is 3. The number of aromatic nitrogens is 2. The molecule has 0 bridgehead atoms. The van der Waals surface area contributed by atoms with E-state index in [1.165, 1.54) is 22.8 Å². The third kappa shape index (κ3) is 4.34. The van der Waals surface area contributed by atoms with E-state index in [2.05, 4.69) is 10.3 Å². The highest BCUT2D eigenvalue weighted by Crippen LogP contribution is 2.19. The number of carbonyl (C=O) groups excluding carboxylic acids is 1. The summed E-state index contributed by atoms with van der Waals surface area (Å²) in [6.07, 6.45) is 0.582. The number of carbonyl (C=O) groups is 1. The number of anilines is 1. The summed E-state index contributed by atoms with van der Waals surface area (Å²) < 4.78 is 14.6. The highest BCUT2D eigenvalue weighted by Gasteiger charge is 2.14. The lowest BCUT2D eigenvalue weighted by Gasteiger charge is -2.14.